The summed E-state index contributed by atoms with van der Waals surface area (Å²) in [4.78, 5) is 15.9. The molecule has 0 atom stereocenters. The Kier molecular flexibility index (Phi) is 4.93. The second-order valence-electron chi connectivity index (χ2n) is 7.02. The molecule has 0 aliphatic carbocycles. The van der Waals surface area contributed by atoms with E-state index in [1.165, 1.54) is 0 Å². The highest BCUT2D eigenvalue weighted by molar-refractivity contribution is 5.74. The van der Waals surface area contributed by atoms with E-state index >= 15 is 0 Å². The van der Waals surface area contributed by atoms with E-state index in [1.54, 1.807) is 0 Å². The minimum absolute atomic E-state index is 0.0218. The molecule has 0 bridgehead atoms. The summed E-state index contributed by atoms with van der Waals surface area (Å²) >= 11 is 0. The lowest BCUT2D eigenvalue weighted by molar-refractivity contribution is 0.194. The predicted molar refractivity (Wildman–Crippen MR) is 87.0 cm³/mol. The maximum absolute atomic E-state index is 11.8. The van der Waals surface area contributed by atoms with Gasteiger partial charge in [0.05, 0.1) is 0 Å². The summed E-state index contributed by atoms with van der Waals surface area (Å²) in [7, 11) is 2.02. The molecule has 1 saturated heterocycles. The molecular formula is C15H28N6O. The van der Waals surface area contributed by atoms with Crippen molar-refractivity contribution >= 4 is 12.0 Å². The third kappa shape index (κ3) is 3.90. The third-order valence-corrected chi connectivity index (χ3v) is 3.81. The summed E-state index contributed by atoms with van der Waals surface area (Å²) in [6.07, 6.45) is 0.898. The van der Waals surface area contributed by atoms with Gasteiger partial charge in [0.25, 0.3) is 0 Å². The largest absolute Gasteiger partial charge is 0.338 e. The number of nitrogens with one attached hydrogen (secondary N) is 1. The van der Waals surface area contributed by atoms with Crippen LogP contribution in [0, 0.1) is 5.41 Å². The van der Waals surface area contributed by atoms with Crippen LogP contribution >= 0.6 is 0 Å². The van der Waals surface area contributed by atoms with Gasteiger partial charge in [-0.3, -0.25) is 0 Å². The monoisotopic (exact) mass is 308 g/mol. The molecule has 1 aromatic heterocycles. The zero-order valence-electron chi connectivity index (χ0n) is 14.4. The van der Waals surface area contributed by atoms with Crippen molar-refractivity contribution in [3.63, 3.8) is 0 Å². The quantitative estimate of drug-likeness (QED) is 0.913. The summed E-state index contributed by atoms with van der Waals surface area (Å²) < 4.78 is 2.08. The molecule has 0 aromatic carbocycles. The number of anilines is 1. The van der Waals surface area contributed by atoms with Crippen LogP contribution in [-0.2, 0) is 13.5 Å². The van der Waals surface area contributed by atoms with Gasteiger partial charge >= 0.3 is 6.03 Å². The highest BCUT2D eigenvalue weighted by atomic mass is 16.2. The van der Waals surface area contributed by atoms with Gasteiger partial charge in [0.1, 0.15) is 5.82 Å². The van der Waals surface area contributed by atoms with Crippen molar-refractivity contribution in [1.82, 2.24) is 25.0 Å². The fraction of sp³-hybridized carbons (Fsp3) is 0.800. The van der Waals surface area contributed by atoms with Gasteiger partial charge in [-0.25, -0.2) is 4.79 Å². The number of hydrogen-bond acceptors (Lipinski definition) is 4. The van der Waals surface area contributed by atoms with Gasteiger partial charge in [0, 0.05) is 46.2 Å². The van der Waals surface area contributed by atoms with Crippen molar-refractivity contribution in [1.29, 1.82) is 0 Å². The van der Waals surface area contributed by atoms with Gasteiger partial charge in [0.15, 0.2) is 0 Å². The van der Waals surface area contributed by atoms with E-state index < -0.39 is 0 Å². The highest BCUT2D eigenvalue weighted by Gasteiger charge is 2.25. The average Bonchev–Trinajstić information content (AvgIpc) is 2.79. The molecule has 7 heteroatoms. The van der Waals surface area contributed by atoms with Crippen molar-refractivity contribution < 1.29 is 4.79 Å². The maximum atomic E-state index is 11.8. The molecule has 1 aromatic rings. The molecule has 0 radical (unpaired) electrons. The van der Waals surface area contributed by atoms with E-state index in [-0.39, 0.29) is 11.4 Å². The minimum atomic E-state index is 0.0218. The Bertz CT molecular complexity index is 511. The average molecular weight is 308 g/mol. The molecule has 124 valence electrons. The molecule has 0 unspecified atom stereocenters. The van der Waals surface area contributed by atoms with Crippen LogP contribution in [0.4, 0.5) is 10.7 Å². The van der Waals surface area contributed by atoms with E-state index in [2.05, 4.69) is 45.8 Å². The molecule has 1 fully saturated rings. The Labute approximate surface area is 132 Å². The summed E-state index contributed by atoms with van der Waals surface area (Å²) in [5.41, 5.74) is 0.189. The van der Waals surface area contributed by atoms with E-state index in [9.17, 15) is 4.79 Å². The molecule has 7 nitrogen and oxygen atoms in total. The number of rotatable bonds is 3. The lowest BCUT2D eigenvalue weighted by atomic mass is 9.92. The number of amides is 2. The summed E-state index contributed by atoms with van der Waals surface area (Å²) in [6.45, 7) is 12.2. The maximum Gasteiger partial charge on any atom is 0.317 e. The molecule has 22 heavy (non-hydrogen) atoms. The van der Waals surface area contributed by atoms with Crippen molar-refractivity contribution in [3.8, 4) is 0 Å². The lowest BCUT2D eigenvalue weighted by Crippen LogP contribution is -2.52. The van der Waals surface area contributed by atoms with Gasteiger partial charge in [-0.15, -0.1) is 10.2 Å². The molecule has 0 saturated carbocycles. The van der Waals surface area contributed by atoms with Crippen molar-refractivity contribution in [2.75, 3.05) is 37.6 Å². The van der Waals surface area contributed by atoms with E-state index in [0.717, 1.165) is 31.3 Å². The minimum Gasteiger partial charge on any atom is -0.338 e. The van der Waals surface area contributed by atoms with Gasteiger partial charge in [-0.05, 0) is 12.3 Å². The molecule has 0 spiro atoms. The Morgan fingerprint density at radius 3 is 2.36 bits per heavy atom. The fourth-order valence-electron chi connectivity index (χ4n) is 2.63. The molecule has 2 heterocycles. The van der Waals surface area contributed by atoms with Crippen molar-refractivity contribution in [3.05, 3.63) is 5.82 Å². The molecule has 2 rings (SSSR count). The number of carbonyl (C=O) groups is 1. The number of hydrogen-bond donors (Lipinski definition) is 1. The zero-order valence-corrected chi connectivity index (χ0v) is 14.4. The predicted octanol–water partition coefficient (Wildman–Crippen LogP) is 1.26. The Balaban J connectivity index is 1.99. The molecule has 2 amide bonds. The zero-order chi connectivity index (χ0) is 16.3. The first-order valence-corrected chi connectivity index (χ1v) is 7.98. The lowest BCUT2D eigenvalue weighted by Gasteiger charge is -2.34. The van der Waals surface area contributed by atoms with Crippen LogP contribution in [0.25, 0.3) is 0 Å². The van der Waals surface area contributed by atoms with Gasteiger partial charge in [0.2, 0.25) is 5.95 Å². The SMILES string of the molecule is CCNC(=O)N1CCN(c2nnc(CC(C)(C)C)n2C)CC1. The van der Waals surface area contributed by atoms with Crippen LogP contribution in [0.5, 0.6) is 0 Å². The van der Waals surface area contributed by atoms with Crippen LogP contribution in [-0.4, -0.2) is 58.4 Å². The van der Waals surface area contributed by atoms with E-state index in [0.29, 0.717) is 19.6 Å². The van der Waals surface area contributed by atoms with Crippen LogP contribution in [0.15, 0.2) is 0 Å². The number of nitrogens with zero attached hydrogens (tertiary/aromatic N) is 5. The number of piperazine rings is 1. The van der Waals surface area contributed by atoms with Gasteiger partial charge in [-0.1, -0.05) is 20.8 Å². The van der Waals surface area contributed by atoms with E-state index in [4.69, 9.17) is 0 Å². The molecule has 1 aliphatic heterocycles. The Hall–Kier alpha value is -1.79. The standard InChI is InChI=1S/C15H28N6O/c1-6-16-14(22)21-9-7-20(8-10-21)13-18-17-12(19(13)5)11-15(2,3)4/h6-11H2,1-5H3,(H,16,22). The second kappa shape index (κ2) is 6.54. The number of urea groups is 1. The normalized spacial score (nSPS) is 16.0. The van der Waals surface area contributed by atoms with E-state index in [1.807, 2.05) is 18.9 Å². The van der Waals surface area contributed by atoms with Crippen molar-refractivity contribution in [2.45, 2.75) is 34.1 Å². The smallest absolute Gasteiger partial charge is 0.317 e. The summed E-state index contributed by atoms with van der Waals surface area (Å²) in [6, 6.07) is 0.0218. The Morgan fingerprint density at radius 2 is 1.82 bits per heavy atom. The molecule has 1 aliphatic rings. The number of carbonyl (C=O) groups excluding carboxylic acids is 1. The molecular weight excluding hydrogens is 280 g/mol. The summed E-state index contributed by atoms with van der Waals surface area (Å²) in [5, 5.41) is 11.5. The van der Waals surface area contributed by atoms with Crippen molar-refractivity contribution in [2.24, 2.45) is 12.5 Å². The fourth-order valence-corrected chi connectivity index (χ4v) is 2.63. The first-order chi connectivity index (χ1) is 10.3. The number of aromatic nitrogens is 3. The first kappa shape index (κ1) is 16.6. The second-order valence-corrected chi connectivity index (χ2v) is 7.02. The Morgan fingerprint density at radius 1 is 1.18 bits per heavy atom. The topological polar surface area (TPSA) is 66.3 Å². The molecule has 1 N–H and O–H groups in total. The highest BCUT2D eigenvalue weighted by Crippen LogP contribution is 2.22. The summed E-state index contributed by atoms with van der Waals surface area (Å²) in [5.74, 6) is 1.91. The van der Waals surface area contributed by atoms with Crippen LogP contribution in [0.1, 0.15) is 33.5 Å². The van der Waals surface area contributed by atoms with Gasteiger partial charge < -0.3 is 19.7 Å². The van der Waals surface area contributed by atoms with Crippen LogP contribution < -0.4 is 10.2 Å². The first-order valence-electron chi connectivity index (χ1n) is 7.98. The van der Waals surface area contributed by atoms with Crippen LogP contribution in [0.3, 0.4) is 0 Å². The third-order valence-electron chi connectivity index (χ3n) is 3.81. The van der Waals surface area contributed by atoms with Gasteiger partial charge in [-0.2, -0.15) is 0 Å². The van der Waals surface area contributed by atoms with Crippen LogP contribution in [0.2, 0.25) is 0 Å².